The highest BCUT2D eigenvalue weighted by atomic mass is 16.6. The van der Waals surface area contributed by atoms with Crippen molar-refractivity contribution >= 4 is 35.6 Å². The molecule has 0 saturated carbocycles. The van der Waals surface area contributed by atoms with Crippen molar-refractivity contribution in [2.75, 3.05) is 13.1 Å². The molecule has 2 rings (SSSR count). The first kappa shape index (κ1) is 38.0. The van der Waals surface area contributed by atoms with E-state index in [1.54, 1.807) is 68.4 Å². The van der Waals surface area contributed by atoms with E-state index in [2.05, 4.69) is 26.3 Å². The van der Waals surface area contributed by atoms with Gasteiger partial charge in [-0.15, -0.1) is 0 Å². The Labute approximate surface area is 275 Å². The number of ether oxygens (including phenoxy) is 1. The fraction of sp³-hybridized carbons (Fsp3) is 0.438. The van der Waals surface area contributed by atoms with Crippen molar-refractivity contribution in [2.24, 2.45) is 33.8 Å². The number of aliphatic imine (C=N–C) groups is 1. The van der Waals surface area contributed by atoms with Crippen LogP contribution in [0.3, 0.4) is 0 Å². The lowest BCUT2D eigenvalue weighted by Crippen LogP contribution is -2.58. The van der Waals surface area contributed by atoms with E-state index in [1.807, 2.05) is 0 Å². The molecule has 2 aromatic carbocycles. The van der Waals surface area contributed by atoms with Crippen LogP contribution in [0.5, 0.6) is 5.75 Å². The van der Waals surface area contributed by atoms with Gasteiger partial charge in [0.15, 0.2) is 5.96 Å². The molecule has 0 saturated heterocycles. The Kier molecular flexibility index (Phi) is 16.2. The molecule has 0 aliphatic heterocycles. The fourth-order valence-corrected chi connectivity index (χ4v) is 4.47. The number of nitrogens with one attached hydrogen (secondary N) is 5. The number of nitrogens with zero attached hydrogens (tertiary/aromatic N) is 1. The van der Waals surface area contributed by atoms with Gasteiger partial charge in [0, 0.05) is 18.7 Å². The summed E-state index contributed by atoms with van der Waals surface area (Å²) in [6.45, 7) is 4.35. The van der Waals surface area contributed by atoms with E-state index in [4.69, 9.17) is 33.1 Å². The highest BCUT2D eigenvalue weighted by molar-refractivity contribution is 5.95. The second-order valence-electron chi connectivity index (χ2n) is 11.3. The van der Waals surface area contributed by atoms with Crippen molar-refractivity contribution in [3.8, 4) is 5.75 Å². The fourth-order valence-electron chi connectivity index (χ4n) is 4.47. The molecular weight excluding hydrogens is 604 g/mol. The summed E-state index contributed by atoms with van der Waals surface area (Å²) in [5.41, 5.74) is 23.3. The minimum atomic E-state index is -1.08. The topological polar surface area (TPSA) is 266 Å². The number of amides is 4. The lowest BCUT2D eigenvalue weighted by Gasteiger charge is -2.27. The summed E-state index contributed by atoms with van der Waals surface area (Å²) >= 11 is 0. The number of amidine groups is 1. The van der Waals surface area contributed by atoms with E-state index in [0.717, 1.165) is 5.56 Å². The number of nitrogen functional groups attached to an aromatic ring is 1. The summed E-state index contributed by atoms with van der Waals surface area (Å²) in [6.07, 6.45) is 1.22. The third-order valence-corrected chi connectivity index (χ3v) is 7.07. The molecule has 0 spiro atoms. The lowest BCUT2D eigenvalue weighted by atomic mass is 10.0. The first-order chi connectivity index (χ1) is 22.4. The number of nitrogens with two attached hydrogens (primary N) is 4. The van der Waals surface area contributed by atoms with Gasteiger partial charge in [-0.05, 0) is 62.3 Å². The highest BCUT2D eigenvalue weighted by Gasteiger charge is 2.31. The molecule has 0 heterocycles. The van der Waals surface area contributed by atoms with Crippen LogP contribution in [0.1, 0.15) is 57.1 Å². The van der Waals surface area contributed by atoms with E-state index in [-0.39, 0.29) is 43.0 Å². The minimum Gasteiger partial charge on any atom is -0.410 e. The van der Waals surface area contributed by atoms with Crippen LogP contribution in [0, 0.1) is 11.3 Å². The maximum atomic E-state index is 13.5. The van der Waals surface area contributed by atoms with Crippen LogP contribution >= 0.6 is 0 Å². The number of rotatable bonds is 19. The van der Waals surface area contributed by atoms with Crippen molar-refractivity contribution in [2.45, 2.75) is 70.6 Å². The maximum absolute atomic E-state index is 13.5. The van der Waals surface area contributed by atoms with Crippen LogP contribution in [-0.4, -0.2) is 66.8 Å². The third-order valence-electron chi connectivity index (χ3n) is 7.07. The molecule has 2 aromatic rings. The Balaban J connectivity index is 2.13. The Morgan fingerprint density at radius 3 is 2.04 bits per heavy atom. The molecule has 13 N–H and O–H groups in total. The van der Waals surface area contributed by atoms with Crippen molar-refractivity contribution in [1.29, 1.82) is 5.41 Å². The molecule has 47 heavy (non-hydrogen) atoms. The van der Waals surface area contributed by atoms with E-state index >= 15 is 0 Å². The average molecular weight is 653 g/mol. The molecule has 0 aliphatic carbocycles. The van der Waals surface area contributed by atoms with Gasteiger partial charge in [-0.2, -0.15) is 0 Å². The Bertz CT molecular complexity index is 1350. The lowest BCUT2D eigenvalue weighted by molar-refractivity contribution is -0.133. The van der Waals surface area contributed by atoms with Gasteiger partial charge in [0.25, 0.3) is 0 Å². The number of hydrogen-bond acceptors (Lipinski definition) is 8. The molecule has 3 atom stereocenters. The minimum absolute atomic E-state index is 0.0600. The molecule has 0 aliphatic rings. The van der Waals surface area contributed by atoms with Crippen molar-refractivity contribution in [3.05, 3.63) is 65.7 Å². The largest absolute Gasteiger partial charge is 0.413 e. The van der Waals surface area contributed by atoms with Crippen molar-refractivity contribution in [3.63, 3.8) is 0 Å². The molecule has 15 nitrogen and oxygen atoms in total. The van der Waals surface area contributed by atoms with Gasteiger partial charge < -0.3 is 48.9 Å². The summed E-state index contributed by atoms with van der Waals surface area (Å²) in [5, 5.41) is 18.5. The highest BCUT2D eigenvalue weighted by Crippen LogP contribution is 2.11. The number of carbonyl (C=O) groups is 4. The molecule has 1 unspecified atom stereocenters. The normalized spacial score (nSPS) is 12.6. The second kappa shape index (κ2) is 20.0. The van der Waals surface area contributed by atoms with E-state index in [0.29, 0.717) is 37.8 Å². The van der Waals surface area contributed by atoms with Gasteiger partial charge in [0.05, 0.1) is 0 Å². The van der Waals surface area contributed by atoms with Crippen LogP contribution in [0.25, 0.3) is 0 Å². The number of hydrogen-bond donors (Lipinski definition) is 9. The molecule has 4 amide bonds. The first-order valence-corrected chi connectivity index (χ1v) is 15.5. The van der Waals surface area contributed by atoms with Crippen molar-refractivity contribution < 1.29 is 23.9 Å². The van der Waals surface area contributed by atoms with Crippen LogP contribution in [0.2, 0.25) is 0 Å². The number of benzene rings is 2. The second-order valence-corrected chi connectivity index (χ2v) is 11.3. The van der Waals surface area contributed by atoms with Gasteiger partial charge in [-0.3, -0.25) is 24.8 Å². The number of para-hydroxylation sites is 1. The van der Waals surface area contributed by atoms with Crippen LogP contribution in [-0.2, 0) is 20.9 Å². The summed E-state index contributed by atoms with van der Waals surface area (Å²) in [7, 11) is 0. The Hall–Kier alpha value is -5.18. The van der Waals surface area contributed by atoms with Crippen molar-refractivity contribution in [1.82, 2.24) is 21.3 Å². The van der Waals surface area contributed by atoms with Crippen LogP contribution < -0.4 is 48.9 Å². The third kappa shape index (κ3) is 14.2. The van der Waals surface area contributed by atoms with Gasteiger partial charge >= 0.3 is 6.09 Å². The van der Waals surface area contributed by atoms with Crippen LogP contribution in [0.15, 0.2) is 59.6 Å². The number of carbonyl (C=O) groups excluding carboxylic acids is 4. The summed E-state index contributed by atoms with van der Waals surface area (Å²) < 4.78 is 5.29. The summed E-state index contributed by atoms with van der Waals surface area (Å²) in [4.78, 5) is 56.8. The molecular formula is C32H48N10O5. The van der Waals surface area contributed by atoms with Gasteiger partial charge in [0.2, 0.25) is 17.7 Å². The zero-order chi connectivity index (χ0) is 34.8. The zero-order valence-corrected chi connectivity index (χ0v) is 27.0. The predicted molar refractivity (Wildman–Crippen MR) is 180 cm³/mol. The van der Waals surface area contributed by atoms with E-state index in [1.165, 1.54) is 0 Å². The number of guanidine groups is 1. The average Bonchev–Trinajstić information content (AvgIpc) is 3.03. The molecule has 0 fully saturated rings. The van der Waals surface area contributed by atoms with Gasteiger partial charge in [0.1, 0.15) is 29.7 Å². The smallest absolute Gasteiger partial charge is 0.410 e. The summed E-state index contributed by atoms with van der Waals surface area (Å²) in [6, 6.07) is 12.2. The predicted octanol–water partition coefficient (Wildman–Crippen LogP) is 0.552. The summed E-state index contributed by atoms with van der Waals surface area (Å²) in [5.74, 6) is -1.82. The molecule has 0 radical (unpaired) electrons. The number of unbranched alkanes of at least 4 members (excludes halogenated alkanes) is 1. The zero-order valence-electron chi connectivity index (χ0n) is 27.0. The quantitative estimate of drug-likeness (QED) is 0.0582. The Morgan fingerprint density at radius 1 is 0.809 bits per heavy atom. The standard InChI is InChI=1S/C32H48N10O5/c1-20(2)26(42-29(44)25(12-8-18-38-31(36)37)41-32(46)47-23-9-4-3-5-10-23)30(45)40-24(11-6-7-17-33)28(43)39-19-21-13-15-22(16-14-21)27(34)35/h3-5,9-10,13-16,20,24-26H,6-8,11-12,17-19,33H2,1-2H3,(H3,34,35)(H,39,43)(H,40,45)(H,41,46)(H,42,44)(H4,36,37,38)/t24-,25-,26?/m0/s1. The molecule has 256 valence electrons. The molecule has 15 heteroatoms. The maximum Gasteiger partial charge on any atom is 0.413 e. The van der Waals surface area contributed by atoms with Gasteiger partial charge in [-0.1, -0.05) is 56.3 Å². The molecule has 0 aromatic heterocycles. The van der Waals surface area contributed by atoms with Gasteiger partial charge in [-0.25, -0.2) is 4.79 Å². The monoisotopic (exact) mass is 652 g/mol. The Morgan fingerprint density at radius 2 is 1.45 bits per heavy atom. The first-order valence-electron chi connectivity index (χ1n) is 15.5. The van der Waals surface area contributed by atoms with E-state index < -0.39 is 41.9 Å². The molecule has 0 bridgehead atoms. The SMILES string of the molecule is CC(C)C(NC(=O)[C@H](CCCN=C(N)N)NC(=O)Oc1ccccc1)C(=O)N[C@@H](CCCCN)C(=O)NCc1ccc(C(=N)N)cc1. The van der Waals surface area contributed by atoms with Crippen LogP contribution in [0.4, 0.5) is 4.79 Å². The van der Waals surface area contributed by atoms with E-state index in [9.17, 15) is 19.2 Å².